The molecular weight excluding hydrogens is 398 g/mol. The number of pyridine rings is 1. The minimum Gasteiger partial charge on any atom is -0.480 e. The number of carbonyl (C=O) groups is 1. The molecule has 4 rings (SSSR count). The summed E-state index contributed by atoms with van der Waals surface area (Å²) in [5.41, 5.74) is 6.99. The fraction of sp³-hybridized carbons (Fsp3) is 0.217. The largest absolute Gasteiger partial charge is 0.480 e. The van der Waals surface area contributed by atoms with E-state index in [1.165, 1.54) is 0 Å². The van der Waals surface area contributed by atoms with Crippen LogP contribution in [0.25, 0.3) is 0 Å². The van der Waals surface area contributed by atoms with Gasteiger partial charge < -0.3 is 15.6 Å². The van der Waals surface area contributed by atoms with E-state index >= 15 is 0 Å². The molecule has 1 aliphatic heterocycles. The number of carboxylic acid groups (broad SMARTS) is 1. The normalized spacial score (nSPS) is 16.4. The van der Waals surface area contributed by atoms with Crippen LogP contribution < -0.4 is 10.5 Å². The molecule has 1 aromatic heterocycles. The standard InChI is InChI=1S/C23H23N3O3S/c24-20(22(27)28)14-17-7-6-10-19(13-17)30-26-15-23(16-26,21-11-4-5-12-25-21)29-18-8-2-1-3-9-18/h1-13,20H,14-16,24H2,(H,27,28)/t20-/m0/s1. The molecule has 0 saturated carbocycles. The topological polar surface area (TPSA) is 88.7 Å². The summed E-state index contributed by atoms with van der Waals surface area (Å²) >= 11 is 1.62. The summed E-state index contributed by atoms with van der Waals surface area (Å²) in [6, 6.07) is 22.6. The highest BCUT2D eigenvalue weighted by Crippen LogP contribution is 2.41. The molecule has 0 spiro atoms. The van der Waals surface area contributed by atoms with Crippen LogP contribution in [0.5, 0.6) is 5.75 Å². The zero-order chi connectivity index (χ0) is 21.0. The zero-order valence-electron chi connectivity index (χ0n) is 16.3. The first-order valence-corrected chi connectivity index (χ1v) is 10.5. The molecule has 1 saturated heterocycles. The van der Waals surface area contributed by atoms with E-state index in [1.54, 1.807) is 18.1 Å². The molecule has 7 heteroatoms. The lowest BCUT2D eigenvalue weighted by molar-refractivity contribution is -0.138. The van der Waals surface area contributed by atoms with E-state index < -0.39 is 17.6 Å². The summed E-state index contributed by atoms with van der Waals surface area (Å²) in [6.45, 7) is 1.37. The van der Waals surface area contributed by atoms with Crippen molar-refractivity contribution in [3.05, 3.63) is 90.3 Å². The van der Waals surface area contributed by atoms with Gasteiger partial charge >= 0.3 is 5.97 Å². The Morgan fingerprint density at radius 2 is 1.90 bits per heavy atom. The molecule has 0 amide bonds. The molecule has 2 aromatic carbocycles. The van der Waals surface area contributed by atoms with E-state index in [-0.39, 0.29) is 0 Å². The Hall–Kier alpha value is -2.87. The predicted molar refractivity (Wildman–Crippen MR) is 116 cm³/mol. The third kappa shape index (κ3) is 4.64. The minimum atomic E-state index is -0.992. The van der Waals surface area contributed by atoms with Gasteiger partial charge in [0.05, 0.1) is 18.8 Å². The van der Waals surface area contributed by atoms with Crippen molar-refractivity contribution in [1.29, 1.82) is 0 Å². The van der Waals surface area contributed by atoms with Crippen molar-refractivity contribution in [2.75, 3.05) is 13.1 Å². The summed E-state index contributed by atoms with van der Waals surface area (Å²) in [7, 11) is 0. The van der Waals surface area contributed by atoms with Crippen LogP contribution in [-0.4, -0.2) is 39.5 Å². The number of nitrogens with zero attached hydrogens (tertiary/aromatic N) is 2. The summed E-state index contributed by atoms with van der Waals surface area (Å²) in [5.74, 6) is -0.175. The highest BCUT2D eigenvalue weighted by molar-refractivity contribution is 7.97. The number of nitrogens with two attached hydrogens (primary N) is 1. The fourth-order valence-electron chi connectivity index (χ4n) is 3.43. The minimum absolute atomic E-state index is 0.304. The maximum Gasteiger partial charge on any atom is 0.320 e. The second-order valence-corrected chi connectivity index (χ2v) is 8.48. The monoisotopic (exact) mass is 421 g/mol. The lowest BCUT2D eigenvalue weighted by Crippen LogP contribution is -2.60. The van der Waals surface area contributed by atoms with E-state index in [1.807, 2.05) is 72.8 Å². The van der Waals surface area contributed by atoms with Gasteiger partial charge in [-0.2, -0.15) is 0 Å². The van der Waals surface area contributed by atoms with Crippen LogP contribution in [0.4, 0.5) is 0 Å². The Labute approximate surface area is 179 Å². The number of carboxylic acids is 1. The molecular formula is C23H23N3O3S. The Balaban J connectivity index is 1.46. The number of ether oxygens (including phenoxy) is 1. The van der Waals surface area contributed by atoms with Gasteiger partial charge in [0.25, 0.3) is 0 Å². The molecule has 0 aliphatic carbocycles. The molecule has 0 radical (unpaired) electrons. The highest BCUT2D eigenvalue weighted by Gasteiger charge is 2.48. The van der Waals surface area contributed by atoms with Crippen LogP contribution in [0.15, 0.2) is 83.9 Å². The molecule has 1 atom stereocenters. The molecule has 1 fully saturated rings. The number of hydrogen-bond acceptors (Lipinski definition) is 6. The van der Waals surface area contributed by atoms with E-state index in [4.69, 9.17) is 15.6 Å². The Bertz CT molecular complexity index is 995. The number of rotatable bonds is 8. The quantitative estimate of drug-likeness (QED) is 0.539. The van der Waals surface area contributed by atoms with Crippen molar-refractivity contribution in [2.24, 2.45) is 5.73 Å². The average molecular weight is 422 g/mol. The second-order valence-electron chi connectivity index (χ2n) is 7.31. The van der Waals surface area contributed by atoms with Gasteiger partial charge in [0.15, 0.2) is 5.60 Å². The first-order chi connectivity index (χ1) is 14.5. The smallest absolute Gasteiger partial charge is 0.320 e. The van der Waals surface area contributed by atoms with Gasteiger partial charge in [-0.1, -0.05) is 36.4 Å². The van der Waals surface area contributed by atoms with E-state index in [0.29, 0.717) is 19.5 Å². The van der Waals surface area contributed by atoms with Crippen LogP contribution in [0.2, 0.25) is 0 Å². The van der Waals surface area contributed by atoms with Gasteiger partial charge in [0, 0.05) is 11.1 Å². The number of hydrogen-bond donors (Lipinski definition) is 2. The average Bonchev–Trinajstić information content (AvgIpc) is 2.73. The molecule has 154 valence electrons. The maximum atomic E-state index is 11.0. The maximum absolute atomic E-state index is 11.0. The summed E-state index contributed by atoms with van der Waals surface area (Å²) < 4.78 is 8.61. The van der Waals surface area contributed by atoms with Gasteiger partial charge in [0.2, 0.25) is 0 Å². The van der Waals surface area contributed by atoms with Crippen molar-refractivity contribution in [2.45, 2.75) is 23.0 Å². The van der Waals surface area contributed by atoms with Crippen LogP contribution in [0.3, 0.4) is 0 Å². The van der Waals surface area contributed by atoms with Crippen molar-refractivity contribution in [3.8, 4) is 5.75 Å². The molecule has 0 unspecified atom stereocenters. The number of aromatic nitrogens is 1. The lowest BCUT2D eigenvalue weighted by Gasteiger charge is -2.48. The van der Waals surface area contributed by atoms with Crippen molar-refractivity contribution in [1.82, 2.24) is 9.29 Å². The van der Waals surface area contributed by atoms with Crippen molar-refractivity contribution in [3.63, 3.8) is 0 Å². The highest BCUT2D eigenvalue weighted by atomic mass is 32.2. The summed E-state index contributed by atoms with van der Waals surface area (Å²) in [5, 5.41) is 9.03. The predicted octanol–water partition coefficient (Wildman–Crippen LogP) is 3.33. The van der Waals surface area contributed by atoms with E-state index in [9.17, 15) is 4.79 Å². The second kappa shape index (κ2) is 8.87. The van der Waals surface area contributed by atoms with Crippen LogP contribution in [-0.2, 0) is 16.8 Å². The molecule has 2 heterocycles. The molecule has 0 bridgehead atoms. The Morgan fingerprint density at radius 1 is 1.13 bits per heavy atom. The first-order valence-electron chi connectivity index (χ1n) is 9.70. The molecule has 6 nitrogen and oxygen atoms in total. The molecule has 1 aliphatic rings. The Morgan fingerprint density at radius 3 is 2.60 bits per heavy atom. The number of aliphatic carboxylic acids is 1. The van der Waals surface area contributed by atoms with E-state index in [2.05, 4.69) is 9.29 Å². The third-order valence-corrected chi connectivity index (χ3v) is 5.94. The fourth-order valence-corrected chi connectivity index (χ4v) is 4.62. The van der Waals surface area contributed by atoms with Crippen molar-refractivity contribution >= 4 is 17.9 Å². The summed E-state index contributed by atoms with van der Waals surface area (Å²) in [4.78, 5) is 16.6. The number of benzene rings is 2. The van der Waals surface area contributed by atoms with Crippen LogP contribution in [0.1, 0.15) is 11.3 Å². The van der Waals surface area contributed by atoms with Crippen molar-refractivity contribution < 1.29 is 14.6 Å². The molecule has 3 N–H and O–H groups in total. The van der Waals surface area contributed by atoms with Crippen LogP contribution in [0, 0.1) is 0 Å². The molecule has 3 aromatic rings. The van der Waals surface area contributed by atoms with E-state index in [0.717, 1.165) is 21.9 Å². The number of para-hydroxylation sites is 1. The third-order valence-electron chi connectivity index (χ3n) is 4.96. The molecule has 30 heavy (non-hydrogen) atoms. The first kappa shape index (κ1) is 20.4. The Kier molecular flexibility index (Phi) is 6.03. The van der Waals surface area contributed by atoms with Gasteiger partial charge in [-0.25, -0.2) is 4.31 Å². The van der Waals surface area contributed by atoms with Gasteiger partial charge in [-0.3, -0.25) is 9.78 Å². The zero-order valence-corrected chi connectivity index (χ0v) is 17.2. The van der Waals surface area contributed by atoms with Gasteiger partial charge in [-0.15, -0.1) is 0 Å². The van der Waals surface area contributed by atoms with Gasteiger partial charge in [-0.05, 0) is 60.3 Å². The summed E-state index contributed by atoms with van der Waals surface area (Å²) in [6.07, 6.45) is 2.09. The van der Waals surface area contributed by atoms with Crippen LogP contribution >= 0.6 is 11.9 Å². The SMILES string of the molecule is N[C@@H](Cc1cccc(SN2CC(Oc3ccccc3)(c3ccccn3)C2)c1)C(=O)O. The van der Waals surface area contributed by atoms with Gasteiger partial charge in [0.1, 0.15) is 11.8 Å². The lowest BCUT2D eigenvalue weighted by atomic mass is 9.92.